The standard InChI is InChI=1S/C11H14ClN3O/c12-10-8-7-16-6-3-9(8)13-11(14-10)15-4-1-2-5-15/h1-7H2. The van der Waals surface area contributed by atoms with E-state index in [-0.39, 0.29) is 0 Å². The van der Waals surface area contributed by atoms with E-state index in [9.17, 15) is 0 Å². The molecular formula is C11H14ClN3O. The summed E-state index contributed by atoms with van der Waals surface area (Å²) in [6.07, 6.45) is 3.29. The molecule has 4 nitrogen and oxygen atoms in total. The van der Waals surface area contributed by atoms with Gasteiger partial charge in [0.1, 0.15) is 5.15 Å². The summed E-state index contributed by atoms with van der Waals surface area (Å²) in [7, 11) is 0. The van der Waals surface area contributed by atoms with Crippen molar-refractivity contribution >= 4 is 17.5 Å². The molecule has 0 aliphatic carbocycles. The van der Waals surface area contributed by atoms with Crippen molar-refractivity contribution in [2.45, 2.75) is 25.9 Å². The lowest BCUT2D eigenvalue weighted by Gasteiger charge is -2.21. The Morgan fingerprint density at radius 3 is 2.81 bits per heavy atom. The normalized spacial score (nSPS) is 19.9. The van der Waals surface area contributed by atoms with E-state index >= 15 is 0 Å². The lowest BCUT2D eigenvalue weighted by atomic mass is 10.1. The quantitative estimate of drug-likeness (QED) is 0.701. The number of nitrogens with zero attached hydrogens (tertiary/aromatic N) is 3. The Morgan fingerprint density at radius 1 is 1.19 bits per heavy atom. The van der Waals surface area contributed by atoms with Crippen LogP contribution in [0.15, 0.2) is 0 Å². The molecule has 1 aromatic rings. The maximum absolute atomic E-state index is 6.17. The summed E-state index contributed by atoms with van der Waals surface area (Å²) in [6.45, 7) is 3.38. The number of fused-ring (bicyclic) bond motifs is 1. The van der Waals surface area contributed by atoms with E-state index in [1.807, 2.05) is 0 Å². The molecule has 86 valence electrons. The van der Waals surface area contributed by atoms with E-state index in [2.05, 4.69) is 14.9 Å². The van der Waals surface area contributed by atoms with E-state index in [1.54, 1.807) is 0 Å². The number of hydrogen-bond acceptors (Lipinski definition) is 4. The van der Waals surface area contributed by atoms with Crippen molar-refractivity contribution in [2.75, 3.05) is 24.6 Å². The highest BCUT2D eigenvalue weighted by Gasteiger charge is 2.21. The Balaban J connectivity index is 1.97. The van der Waals surface area contributed by atoms with Crippen LogP contribution >= 0.6 is 11.6 Å². The van der Waals surface area contributed by atoms with Gasteiger partial charge in [0, 0.05) is 25.1 Å². The van der Waals surface area contributed by atoms with Crippen molar-refractivity contribution in [1.29, 1.82) is 0 Å². The molecule has 1 saturated heterocycles. The third-order valence-corrected chi connectivity index (χ3v) is 3.46. The van der Waals surface area contributed by atoms with Crippen molar-refractivity contribution in [3.05, 3.63) is 16.4 Å². The first kappa shape index (κ1) is 10.3. The Kier molecular flexibility index (Phi) is 2.69. The van der Waals surface area contributed by atoms with Crippen molar-refractivity contribution < 1.29 is 4.74 Å². The molecule has 3 rings (SSSR count). The molecule has 1 aromatic heterocycles. The predicted octanol–water partition coefficient (Wildman–Crippen LogP) is 1.80. The fraction of sp³-hybridized carbons (Fsp3) is 0.636. The van der Waals surface area contributed by atoms with Crippen molar-refractivity contribution in [3.63, 3.8) is 0 Å². The number of hydrogen-bond donors (Lipinski definition) is 0. The van der Waals surface area contributed by atoms with E-state index in [1.165, 1.54) is 12.8 Å². The second-order valence-corrected chi connectivity index (χ2v) is 4.59. The molecule has 2 aliphatic heterocycles. The zero-order chi connectivity index (χ0) is 11.0. The summed E-state index contributed by atoms with van der Waals surface area (Å²) < 4.78 is 5.36. The van der Waals surface area contributed by atoms with Crippen molar-refractivity contribution in [2.24, 2.45) is 0 Å². The topological polar surface area (TPSA) is 38.2 Å². The van der Waals surface area contributed by atoms with Crippen LogP contribution in [0.2, 0.25) is 5.15 Å². The molecule has 0 spiro atoms. The Hall–Kier alpha value is -0.870. The molecule has 0 unspecified atom stereocenters. The minimum atomic E-state index is 0.550. The smallest absolute Gasteiger partial charge is 0.227 e. The SMILES string of the molecule is Clc1nc(N2CCCC2)nc2c1COCC2. The van der Waals surface area contributed by atoms with E-state index in [4.69, 9.17) is 16.3 Å². The predicted molar refractivity (Wildman–Crippen MR) is 61.8 cm³/mol. The van der Waals surface area contributed by atoms with Crippen LogP contribution in [0.5, 0.6) is 0 Å². The molecule has 2 aliphatic rings. The number of ether oxygens (including phenoxy) is 1. The molecule has 0 saturated carbocycles. The lowest BCUT2D eigenvalue weighted by Crippen LogP contribution is -2.23. The van der Waals surface area contributed by atoms with E-state index in [0.29, 0.717) is 11.8 Å². The van der Waals surface area contributed by atoms with Crippen molar-refractivity contribution in [3.8, 4) is 0 Å². The molecule has 1 fully saturated rings. The molecule has 0 atom stereocenters. The van der Waals surface area contributed by atoms with Crippen LogP contribution in [0, 0.1) is 0 Å². The third-order valence-electron chi connectivity index (χ3n) is 3.15. The molecule has 16 heavy (non-hydrogen) atoms. The first-order valence-electron chi connectivity index (χ1n) is 5.72. The van der Waals surface area contributed by atoms with Gasteiger partial charge < -0.3 is 9.64 Å². The Labute approximate surface area is 99.6 Å². The van der Waals surface area contributed by atoms with Crippen LogP contribution in [-0.2, 0) is 17.8 Å². The summed E-state index contributed by atoms with van der Waals surface area (Å²) in [5.41, 5.74) is 2.03. The molecule has 5 heteroatoms. The first-order valence-corrected chi connectivity index (χ1v) is 6.10. The highest BCUT2D eigenvalue weighted by Crippen LogP contribution is 2.26. The van der Waals surface area contributed by atoms with Gasteiger partial charge in [-0.3, -0.25) is 0 Å². The maximum Gasteiger partial charge on any atom is 0.227 e. The summed E-state index contributed by atoms with van der Waals surface area (Å²) >= 11 is 6.17. The monoisotopic (exact) mass is 239 g/mol. The summed E-state index contributed by atoms with van der Waals surface area (Å²) in [5, 5.41) is 0.562. The van der Waals surface area contributed by atoms with E-state index in [0.717, 1.165) is 43.3 Å². The van der Waals surface area contributed by atoms with Gasteiger partial charge in [0.15, 0.2) is 0 Å². The van der Waals surface area contributed by atoms with Gasteiger partial charge in [-0.25, -0.2) is 9.97 Å². The van der Waals surface area contributed by atoms with E-state index < -0.39 is 0 Å². The first-order chi connectivity index (χ1) is 7.84. The zero-order valence-corrected chi connectivity index (χ0v) is 9.83. The number of anilines is 1. The fourth-order valence-electron chi connectivity index (χ4n) is 2.24. The summed E-state index contributed by atoms with van der Waals surface area (Å²) in [4.78, 5) is 11.2. The van der Waals surface area contributed by atoms with Crippen molar-refractivity contribution in [1.82, 2.24) is 9.97 Å². The average molecular weight is 240 g/mol. The van der Waals surface area contributed by atoms with Gasteiger partial charge in [0.2, 0.25) is 5.95 Å². The molecule has 3 heterocycles. The molecule has 0 radical (unpaired) electrons. The summed E-state index contributed by atoms with van der Waals surface area (Å²) in [5.74, 6) is 0.795. The van der Waals surface area contributed by atoms with Gasteiger partial charge in [-0.05, 0) is 12.8 Å². The minimum absolute atomic E-state index is 0.550. The molecular weight excluding hydrogens is 226 g/mol. The molecule has 0 N–H and O–H groups in total. The molecule has 0 aromatic carbocycles. The van der Waals surface area contributed by atoms with Gasteiger partial charge in [0.25, 0.3) is 0 Å². The second kappa shape index (κ2) is 4.18. The zero-order valence-electron chi connectivity index (χ0n) is 9.08. The highest BCUT2D eigenvalue weighted by molar-refractivity contribution is 6.30. The van der Waals surface area contributed by atoms with Gasteiger partial charge >= 0.3 is 0 Å². The third kappa shape index (κ3) is 1.76. The van der Waals surface area contributed by atoms with Crippen LogP contribution in [0.1, 0.15) is 24.1 Å². The summed E-state index contributed by atoms with van der Waals surface area (Å²) in [6, 6.07) is 0. The average Bonchev–Trinajstić information content (AvgIpc) is 2.82. The minimum Gasteiger partial charge on any atom is -0.376 e. The van der Waals surface area contributed by atoms with Gasteiger partial charge in [-0.15, -0.1) is 0 Å². The van der Waals surface area contributed by atoms with Gasteiger partial charge in [-0.1, -0.05) is 11.6 Å². The van der Waals surface area contributed by atoms with Crippen LogP contribution in [0.4, 0.5) is 5.95 Å². The molecule has 0 amide bonds. The number of rotatable bonds is 1. The van der Waals surface area contributed by atoms with Crippen LogP contribution in [-0.4, -0.2) is 29.7 Å². The van der Waals surface area contributed by atoms with Gasteiger partial charge in [0.05, 0.1) is 18.9 Å². The van der Waals surface area contributed by atoms with Crippen LogP contribution in [0.25, 0.3) is 0 Å². The molecule has 0 bridgehead atoms. The van der Waals surface area contributed by atoms with Gasteiger partial charge in [-0.2, -0.15) is 0 Å². The fourth-order valence-corrected chi connectivity index (χ4v) is 2.48. The van der Waals surface area contributed by atoms with Crippen LogP contribution < -0.4 is 4.90 Å². The lowest BCUT2D eigenvalue weighted by molar-refractivity contribution is 0.109. The maximum atomic E-state index is 6.17. The Bertz CT molecular complexity index is 404. The number of halogens is 1. The number of aromatic nitrogens is 2. The Morgan fingerprint density at radius 2 is 2.00 bits per heavy atom. The van der Waals surface area contributed by atoms with Crippen LogP contribution in [0.3, 0.4) is 0 Å². The largest absolute Gasteiger partial charge is 0.376 e. The highest BCUT2D eigenvalue weighted by atomic mass is 35.5. The second-order valence-electron chi connectivity index (χ2n) is 4.24.